The second-order valence-corrected chi connectivity index (χ2v) is 21.8. The molecule has 0 bridgehead atoms. The Bertz CT molecular complexity index is 2070. The Balaban J connectivity index is 0.000000183. The number of aldehydes is 1. The van der Waals surface area contributed by atoms with Crippen LogP contribution in [0.15, 0.2) is 36.4 Å². The van der Waals surface area contributed by atoms with Crippen LogP contribution in [-0.2, 0) is 35.1 Å². The molecule has 0 N–H and O–H groups in total. The molecule has 2 amide bonds. The molecule has 0 aromatic heterocycles. The average Bonchev–Trinajstić information content (AvgIpc) is 4.16. The van der Waals surface area contributed by atoms with Crippen molar-refractivity contribution in [2.24, 2.45) is 5.41 Å². The molecular weight excluding hydrogens is 855 g/mol. The minimum Gasteiger partial charge on any atom is -0.475 e. The molecule has 6 fully saturated rings. The summed E-state index contributed by atoms with van der Waals surface area (Å²) in [7, 11) is 2.75. The molecule has 0 radical (unpaired) electrons. The predicted octanol–water partition coefficient (Wildman–Crippen LogP) is 9.91. The number of rotatable bonds is 9. The van der Waals surface area contributed by atoms with E-state index >= 15 is 0 Å². The standard InChI is InChI=1S/C26H38N2O5.C14H25NO2.C13H14O4/c1-19-7-8-20(21(17-19)32-26(10-11-26)22(29)31-5)18-28-14-6-9-25(28)12-15-27(16-13-25)23(30)33-24(2,3)4;1-13(2,3)17-12(16)15-10-8-14(9-11-15)6-4-5-7-14;1-9-3-4-10(8-14)11(7-9)17-13(5-6-13)12(15)16-2/h7-8,17H,6,9-16,18H2,1-5H3;4-11H2,1-3H3;3-4,7-8H,5-6H2,1-2H3. The zero-order valence-electron chi connectivity index (χ0n) is 42.0. The van der Waals surface area contributed by atoms with Crippen LogP contribution < -0.4 is 9.47 Å². The lowest BCUT2D eigenvalue weighted by Gasteiger charge is -2.45. The minimum atomic E-state index is -0.875. The topological polar surface area (TPSA) is 150 Å². The number of hydrogen-bond acceptors (Lipinski definition) is 12. The number of methoxy groups -OCH3 is 2. The van der Waals surface area contributed by atoms with Gasteiger partial charge in [0.15, 0.2) is 6.29 Å². The Labute approximate surface area is 398 Å². The molecule has 14 nitrogen and oxygen atoms in total. The van der Waals surface area contributed by atoms with Crippen LogP contribution in [0.2, 0.25) is 0 Å². The van der Waals surface area contributed by atoms with Crippen LogP contribution in [-0.4, -0.2) is 120 Å². The van der Waals surface area contributed by atoms with Crippen molar-refractivity contribution in [1.29, 1.82) is 0 Å². The highest BCUT2D eigenvalue weighted by atomic mass is 16.6. The molecule has 67 heavy (non-hydrogen) atoms. The van der Waals surface area contributed by atoms with Crippen molar-refractivity contribution >= 4 is 30.4 Å². The smallest absolute Gasteiger partial charge is 0.410 e. The highest BCUT2D eigenvalue weighted by Gasteiger charge is 2.56. The molecule has 3 saturated carbocycles. The molecule has 3 saturated heterocycles. The number of amides is 2. The number of carbonyl (C=O) groups excluding carboxylic acids is 5. The van der Waals surface area contributed by atoms with Crippen LogP contribution in [0.4, 0.5) is 9.59 Å². The number of nitrogens with zero attached hydrogens (tertiary/aromatic N) is 3. The molecule has 2 aromatic rings. The molecule has 8 rings (SSSR count). The molecular formula is C53H77N3O11. The number of piperidine rings is 2. The maximum Gasteiger partial charge on any atom is 0.410 e. The molecule has 3 aliphatic heterocycles. The Morgan fingerprint density at radius 2 is 1.04 bits per heavy atom. The van der Waals surface area contributed by atoms with Gasteiger partial charge in [0.2, 0.25) is 11.2 Å². The van der Waals surface area contributed by atoms with Gasteiger partial charge in [-0.1, -0.05) is 31.0 Å². The number of hydrogen-bond donors (Lipinski definition) is 0. The van der Waals surface area contributed by atoms with E-state index in [2.05, 4.69) is 17.0 Å². The van der Waals surface area contributed by atoms with E-state index in [-0.39, 0.29) is 35.3 Å². The first-order valence-corrected chi connectivity index (χ1v) is 24.5. The summed E-state index contributed by atoms with van der Waals surface area (Å²) in [5.41, 5.74) is 1.76. The lowest BCUT2D eigenvalue weighted by molar-refractivity contribution is -0.151. The first kappa shape index (κ1) is 51.5. The third-order valence-corrected chi connectivity index (χ3v) is 14.2. The molecule has 0 unspecified atom stereocenters. The van der Waals surface area contributed by atoms with Gasteiger partial charge < -0.3 is 38.2 Å². The number of ether oxygens (including phenoxy) is 6. The van der Waals surface area contributed by atoms with E-state index in [0.717, 1.165) is 80.6 Å². The average molecular weight is 932 g/mol. The van der Waals surface area contributed by atoms with Crippen LogP contribution >= 0.6 is 0 Å². The third-order valence-electron chi connectivity index (χ3n) is 14.2. The lowest BCUT2D eigenvalue weighted by Crippen LogP contribution is -2.53. The second kappa shape index (κ2) is 20.8. The second-order valence-electron chi connectivity index (χ2n) is 21.8. The Morgan fingerprint density at radius 1 is 0.582 bits per heavy atom. The summed E-state index contributed by atoms with van der Waals surface area (Å²) in [6.45, 7) is 20.4. The Hall–Kier alpha value is -4.85. The van der Waals surface area contributed by atoms with Gasteiger partial charge in [0, 0.05) is 69.5 Å². The van der Waals surface area contributed by atoms with Gasteiger partial charge in [-0.2, -0.15) is 0 Å². The van der Waals surface area contributed by atoms with Gasteiger partial charge in [-0.05, 0) is 148 Å². The van der Waals surface area contributed by atoms with E-state index in [1.165, 1.54) is 52.7 Å². The van der Waals surface area contributed by atoms with Crippen molar-refractivity contribution < 1.29 is 52.4 Å². The van der Waals surface area contributed by atoms with Gasteiger partial charge in [0.05, 0.1) is 19.8 Å². The van der Waals surface area contributed by atoms with Crippen molar-refractivity contribution in [2.45, 2.75) is 180 Å². The zero-order valence-corrected chi connectivity index (χ0v) is 42.0. The van der Waals surface area contributed by atoms with Gasteiger partial charge in [-0.25, -0.2) is 19.2 Å². The van der Waals surface area contributed by atoms with E-state index in [1.807, 2.05) is 77.3 Å². The molecule has 3 aliphatic carbocycles. The van der Waals surface area contributed by atoms with E-state index in [0.29, 0.717) is 55.5 Å². The molecule has 6 aliphatic rings. The van der Waals surface area contributed by atoms with Crippen molar-refractivity contribution in [3.63, 3.8) is 0 Å². The van der Waals surface area contributed by atoms with Crippen molar-refractivity contribution in [3.8, 4) is 11.5 Å². The number of esters is 2. The summed E-state index contributed by atoms with van der Waals surface area (Å²) in [5, 5.41) is 0. The van der Waals surface area contributed by atoms with Crippen molar-refractivity contribution in [1.82, 2.24) is 14.7 Å². The number of carbonyl (C=O) groups is 5. The highest BCUT2D eigenvalue weighted by molar-refractivity contribution is 5.85. The Morgan fingerprint density at radius 3 is 1.51 bits per heavy atom. The molecule has 2 aromatic carbocycles. The van der Waals surface area contributed by atoms with Crippen LogP contribution in [0, 0.1) is 19.3 Å². The fourth-order valence-corrected chi connectivity index (χ4v) is 9.99. The highest BCUT2D eigenvalue weighted by Crippen LogP contribution is 2.47. The van der Waals surface area contributed by atoms with Crippen LogP contribution in [0.25, 0.3) is 0 Å². The maximum absolute atomic E-state index is 12.5. The van der Waals surface area contributed by atoms with E-state index in [9.17, 15) is 24.0 Å². The molecule has 3 heterocycles. The van der Waals surface area contributed by atoms with Gasteiger partial charge in [0.1, 0.15) is 22.7 Å². The number of benzene rings is 2. The zero-order chi connectivity index (χ0) is 48.8. The summed E-state index contributed by atoms with van der Waals surface area (Å²) < 4.78 is 32.6. The van der Waals surface area contributed by atoms with E-state index < -0.39 is 16.8 Å². The van der Waals surface area contributed by atoms with E-state index in [1.54, 1.807) is 12.1 Å². The largest absolute Gasteiger partial charge is 0.475 e. The fourth-order valence-electron chi connectivity index (χ4n) is 9.99. The molecule has 14 heteroatoms. The molecule has 2 spiro atoms. The van der Waals surface area contributed by atoms with Crippen molar-refractivity contribution in [2.75, 3.05) is 46.9 Å². The summed E-state index contributed by atoms with van der Waals surface area (Å²) in [5.74, 6) is 0.562. The van der Waals surface area contributed by atoms with Gasteiger partial charge in [-0.3, -0.25) is 9.69 Å². The van der Waals surface area contributed by atoms with Crippen LogP contribution in [0.3, 0.4) is 0 Å². The number of aryl methyl sites for hydroxylation is 2. The third kappa shape index (κ3) is 13.2. The van der Waals surface area contributed by atoms with Crippen molar-refractivity contribution in [3.05, 3.63) is 58.7 Å². The van der Waals surface area contributed by atoms with Gasteiger partial charge in [0.25, 0.3) is 0 Å². The van der Waals surface area contributed by atoms with Gasteiger partial charge in [-0.15, -0.1) is 0 Å². The summed E-state index contributed by atoms with van der Waals surface area (Å²) in [4.78, 5) is 65.4. The molecule has 0 atom stereocenters. The monoisotopic (exact) mass is 932 g/mol. The fraction of sp³-hybridized carbons (Fsp3) is 0.679. The summed E-state index contributed by atoms with van der Waals surface area (Å²) >= 11 is 0. The summed E-state index contributed by atoms with van der Waals surface area (Å²) in [6.07, 6.45) is 15.1. The van der Waals surface area contributed by atoms with Crippen LogP contribution in [0.5, 0.6) is 11.5 Å². The number of likely N-dealkylation sites (tertiary alicyclic amines) is 3. The van der Waals surface area contributed by atoms with Crippen LogP contribution in [0.1, 0.15) is 158 Å². The predicted molar refractivity (Wildman–Crippen MR) is 254 cm³/mol. The SMILES string of the molecule is CC(C)(C)OC(=O)N1CCC2(CCCC2)CC1.COC(=O)C1(Oc2cc(C)ccc2C=O)CC1.COC(=O)C1(Oc2cc(C)ccc2CN2CCCC23CCN(C(=O)OC(C)(C)C)CC3)CC1. The molecule has 370 valence electrons. The minimum absolute atomic E-state index is 0.0975. The maximum atomic E-state index is 12.5. The van der Waals surface area contributed by atoms with E-state index in [4.69, 9.17) is 28.4 Å². The summed E-state index contributed by atoms with van der Waals surface area (Å²) in [6, 6.07) is 11.5. The lowest BCUT2D eigenvalue weighted by atomic mass is 9.77. The van der Waals surface area contributed by atoms with Gasteiger partial charge >= 0.3 is 24.1 Å². The normalized spacial score (nSPS) is 20.9. The first-order valence-electron chi connectivity index (χ1n) is 24.5. The Kier molecular flexibility index (Phi) is 16.0. The quantitative estimate of drug-likeness (QED) is 0.134. The first-order chi connectivity index (χ1) is 31.6.